The summed E-state index contributed by atoms with van der Waals surface area (Å²) >= 11 is 6.38. The molecule has 2 aliphatic heterocycles. The van der Waals surface area contributed by atoms with Crippen molar-refractivity contribution >= 4 is 46.3 Å². The SMILES string of the molecule is Cc1cc(=O)n(C)c2c(OC(C)CNC[C@H]3CN(c4cnc5c(n4)NC(=O)CO5)C(=O)O3)c(Cl)cnc12. The minimum absolute atomic E-state index is 0.135. The molecule has 2 atom stereocenters. The van der Waals surface area contributed by atoms with Gasteiger partial charge in [-0.1, -0.05) is 11.6 Å². The van der Waals surface area contributed by atoms with Crippen LogP contribution in [0.25, 0.3) is 11.0 Å². The molecule has 1 saturated heterocycles. The zero-order valence-corrected chi connectivity index (χ0v) is 21.0. The van der Waals surface area contributed by atoms with Gasteiger partial charge in [-0.3, -0.25) is 19.5 Å². The van der Waals surface area contributed by atoms with Gasteiger partial charge in [0.15, 0.2) is 24.0 Å². The Morgan fingerprint density at radius 2 is 2.11 bits per heavy atom. The fraction of sp³-hybridized carbons (Fsp3) is 0.391. The predicted molar refractivity (Wildman–Crippen MR) is 133 cm³/mol. The Balaban J connectivity index is 1.20. The highest BCUT2D eigenvalue weighted by molar-refractivity contribution is 6.32. The van der Waals surface area contributed by atoms with Crippen molar-refractivity contribution in [1.82, 2.24) is 24.8 Å². The number of ether oxygens (including phenoxy) is 3. The Morgan fingerprint density at radius 3 is 2.92 bits per heavy atom. The monoisotopic (exact) mass is 529 g/mol. The van der Waals surface area contributed by atoms with E-state index in [0.29, 0.717) is 34.9 Å². The highest BCUT2D eigenvalue weighted by Gasteiger charge is 2.34. The highest BCUT2D eigenvalue weighted by atomic mass is 35.5. The van der Waals surface area contributed by atoms with Gasteiger partial charge in [-0.25, -0.2) is 14.8 Å². The number of aromatic nitrogens is 4. The molecule has 194 valence electrons. The first-order valence-corrected chi connectivity index (χ1v) is 11.9. The van der Waals surface area contributed by atoms with Gasteiger partial charge in [0, 0.05) is 26.2 Å². The molecule has 14 heteroatoms. The second-order valence-corrected chi connectivity index (χ2v) is 9.19. The summed E-state index contributed by atoms with van der Waals surface area (Å²) in [4.78, 5) is 50.3. The van der Waals surface area contributed by atoms with Gasteiger partial charge < -0.3 is 29.4 Å². The summed E-state index contributed by atoms with van der Waals surface area (Å²) in [6, 6.07) is 1.52. The van der Waals surface area contributed by atoms with E-state index >= 15 is 0 Å². The number of cyclic esters (lactones) is 1. The van der Waals surface area contributed by atoms with Crippen molar-refractivity contribution in [2.24, 2.45) is 7.05 Å². The van der Waals surface area contributed by atoms with Crippen LogP contribution in [-0.4, -0.2) is 70.0 Å². The van der Waals surface area contributed by atoms with E-state index in [9.17, 15) is 14.4 Å². The molecule has 3 aromatic heterocycles. The van der Waals surface area contributed by atoms with Gasteiger partial charge in [0.1, 0.15) is 22.7 Å². The molecule has 1 fully saturated rings. The fourth-order valence-electron chi connectivity index (χ4n) is 4.13. The van der Waals surface area contributed by atoms with Gasteiger partial charge in [-0.05, 0) is 19.4 Å². The predicted octanol–water partition coefficient (Wildman–Crippen LogP) is 1.40. The summed E-state index contributed by atoms with van der Waals surface area (Å²) in [6.07, 6.45) is 1.55. The lowest BCUT2D eigenvalue weighted by atomic mass is 10.2. The number of hydrogen-bond acceptors (Lipinski definition) is 10. The molecular weight excluding hydrogens is 506 g/mol. The molecule has 0 saturated carbocycles. The van der Waals surface area contributed by atoms with Crippen molar-refractivity contribution < 1.29 is 23.8 Å². The number of hydrogen-bond donors (Lipinski definition) is 2. The van der Waals surface area contributed by atoms with E-state index in [1.54, 1.807) is 7.05 Å². The summed E-state index contributed by atoms with van der Waals surface area (Å²) < 4.78 is 18.2. The van der Waals surface area contributed by atoms with E-state index in [0.717, 1.165) is 5.56 Å². The van der Waals surface area contributed by atoms with E-state index < -0.39 is 12.2 Å². The van der Waals surface area contributed by atoms with Crippen LogP contribution in [0, 0.1) is 6.92 Å². The molecule has 5 heterocycles. The Hall–Kier alpha value is -3.97. The van der Waals surface area contributed by atoms with Crippen LogP contribution in [0.3, 0.4) is 0 Å². The minimum atomic E-state index is -0.570. The third-order valence-electron chi connectivity index (χ3n) is 5.94. The molecule has 0 spiro atoms. The fourth-order valence-corrected chi connectivity index (χ4v) is 4.31. The molecular formula is C23H24ClN7O6. The van der Waals surface area contributed by atoms with E-state index in [1.165, 1.54) is 27.9 Å². The second-order valence-electron chi connectivity index (χ2n) is 8.78. The van der Waals surface area contributed by atoms with E-state index in [-0.39, 0.29) is 48.2 Å². The summed E-state index contributed by atoms with van der Waals surface area (Å²) in [5.41, 5.74) is 1.71. The average molecular weight is 530 g/mol. The molecule has 2 amide bonds. The highest BCUT2D eigenvalue weighted by Crippen LogP contribution is 2.33. The number of nitrogens with zero attached hydrogens (tertiary/aromatic N) is 5. The molecule has 0 aliphatic carbocycles. The van der Waals surface area contributed by atoms with Crippen LogP contribution < -0.4 is 30.6 Å². The molecule has 2 aliphatic rings. The first-order chi connectivity index (χ1) is 17.7. The largest absolute Gasteiger partial charge is 0.485 e. The molecule has 2 N–H and O–H groups in total. The lowest BCUT2D eigenvalue weighted by Crippen LogP contribution is -2.36. The zero-order valence-electron chi connectivity index (χ0n) is 20.3. The van der Waals surface area contributed by atoms with Crippen molar-refractivity contribution in [3.8, 4) is 11.6 Å². The first kappa shape index (κ1) is 24.7. The minimum Gasteiger partial charge on any atom is -0.485 e. The van der Waals surface area contributed by atoms with E-state index in [1.807, 2.05) is 13.8 Å². The van der Waals surface area contributed by atoms with Crippen LogP contribution in [0.1, 0.15) is 12.5 Å². The van der Waals surface area contributed by atoms with Crippen molar-refractivity contribution in [3.63, 3.8) is 0 Å². The normalized spacial score (nSPS) is 17.7. The Kier molecular flexibility index (Phi) is 6.56. The van der Waals surface area contributed by atoms with Gasteiger partial charge in [-0.15, -0.1) is 0 Å². The average Bonchev–Trinajstić information content (AvgIpc) is 3.23. The second kappa shape index (κ2) is 9.82. The Bertz CT molecular complexity index is 1460. The van der Waals surface area contributed by atoms with Crippen LogP contribution in [0.2, 0.25) is 5.02 Å². The lowest BCUT2D eigenvalue weighted by Gasteiger charge is -2.20. The quantitative estimate of drug-likeness (QED) is 0.459. The maximum absolute atomic E-state index is 12.4. The van der Waals surface area contributed by atoms with Crippen molar-refractivity contribution in [2.45, 2.75) is 26.1 Å². The van der Waals surface area contributed by atoms with Crippen LogP contribution in [0.4, 0.5) is 16.4 Å². The third kappa shape index (κ3) is 4.87. The zero-order chi connectivity index (χ0) is 26.3. The molecule has 13 nitrogen and oxygen atoms in total. The van der Waals surface area contributed by atoms with Gasteiger partial charge >= 0.3 is 6.09 Å². The molecule has 0 aromatic carbocycles. The van der Waals surface area contributed by atoms with Gasteiger partial charge in [0.25, 0.3) is 17.3 Å². The number of anilines is 2. The maximum atomic E-state index is 12.4. The summed E-state index contributed by atoms with van der Waals surface area (Å²) in [6.45, 7) is 4.54. The number of halogens is 1. The van der Waals surface area contributed by atoms with Crippen molar-refractivity contribution in [1.29, 1.82) is 0 Å². The standard InChI is InChI=1S/C23H24ClN7O6/c1-11-4-17(33)30(3)19-18(11)26-7-14(24)20(19)36-12(2)5-25-6-13-9-31(23(34)37-13)15-8-27-22-21(28-15)29-16(32)10-35-22/h4,7-8,12-13,25H,5-6,9-10H2,1-3H3,(H,28,29,32)/t12?,13-/m0/s1. The molecule has 5 rings (SSSR count). The van der Waals surface area contributed by atoms with Gasteiger partial charge in [0.2, 0.25) is 0 Å². The molecule has 0 radical (unpaired) electrons. The number of nitrogens with one attached hydrogen (secondary N) is 2. The van der Waals surface area contributed by atoms with Crippen LogP contribution in [0.5, 0.6) is 11.6 Å². The van der Waals surface area contributed by atoms with E-state index in [2.05, 4.69) is 25.6 Å². The van der Waals surface area contributed by atoms with Crippen LogP contribution in [0.15, 0.2) is 23.3 Å². The summed E-state index contributed by atoms with van der Waals surface area (Å²) in [7, 11) is 1.64. The number of pyridine rings is 2. The van der Waals surface area contributed by atoms with Crippen LogP contribution >= 0.6 is 11.6 Å². The first-order valence-electron chi connectivity index (χ1n) is 11.5. The van der Waals surface area contributed by atoms with Gasteiger partial charge in [-0.2, -0.15) is 0 Å². The molecule has 0 bridgehead atoms. The summed E-state index contributed by atoms with van der Waals surface area (Å²) in [5, 5.41) is 6.10. The number of aryl methyl sites for hydroxylation is 2. The summed E-state index contributed by atoms with van der Waals surface area (Å²) in [5.74, 6) is 0.628. The Labute approximate surface area is 215 Å². The van der Waals surface area contributed by atoms with Gasteiger partial charge in [0.05, 0.1) is 24.5 Å². The smallest absolute Gasteiger partial charge is 0.416 e. The van der Waals surface area contributed by atoms with Crippen molar-refractivity contribution in [2.75, 3.05) is 36.5 Å². The van der Waals surface area contributed by atoms with E-state index in [4.69, 9.17) is 25.8 Å². The topological polar surface area (TPSA) is 150 Å². The molecule has 1 unspecified atom stereocenters. The Morgan fingerprint density at radius 1 is 1.30 bits per heavy atom. The number of carbonyl (C=O) groups excluding carboxylic acids is 2. The molecule has 37 heavy (non-hydrogen) atoms. The number of fused-ring (bicyclic) bond motifs is 2. The number of rotatable bonds is 7. The number of carbonyl (C=O) groups is 2. The van der Waals surface area contributed by atoms with Crippen LogP contribution in [-0.2, 0) is 16.6 Å². The maximum Gasteiger partial charge on any atom is 0.416 e. The van der Waals surface area contributed by atoms with Crippen molar-refractivity contribution in [3.05, 3.63) is 39.4 Å². The molecule has 3 aromatic rings. The lowest BCUT2D eigenvalue weighted by molar-refractivity contribution is -0.118. The number of amides is 2. The third-order valence-corrected chi connectivity index (χ3v) is 6.21.